The van der Waals surface area contributed by atoms with Crippen molar-refractivity contribution in [3.63, 3.8) is 0 Å². The summed E-state index contributed by atoms with van der Waals surface area (Å²) < 4.78 is 7.21. The lowest BCUT2D eigenvalue weighted by molar-refractivity contribution is 0.417. The van der Waals surface area contributed by atoms with Gasteiger partial charge < -0.3 is 10.5 Å². The van der Waals surface area contributed by atoms with E-state index in [4.69, 9.17) is 10.5 Å². The number of rotatable bonds is 3. The van der Waals surface area contributed by atoms with Crippen molar-refractivity contribution in [1.29, 1.82) is 0 Å². The van der Waals surface area contributed by atoms with Gasteiger partial charge in [-0.1, -0.05) is 29.8 Å². The molecule has 21 heavy (non-hydrogen) atoms. The first kappa shape index (κ1) is 13.2. The largest absolute Gasteiger partial charge is 0.495 e. The summed E-state index contributed by atoms with van der Waals surface area (Å²) in [6.07, 6.45) is 3.64. The number of anilines is 1. The van der Waals surface area contributed by atoms with Crippen molar-refractivity contribution < 1.29 is 4.74 Å². The summed E-state index contributed by atoms with van der Waals surface area (Å²) in [6.45, 7) is 2.07. The minimum absolute atomic E-state index is 0.610. The molecule has 0 amide bonds. The van der Waals surface area contributed by atoms with Crippen molar-refractivity contribution in [1.82, 2.24) is 9.55 Å². The lowest BCUT2D eigenvalue weighted by atomic mass is 10.1. The molecular weight excluding hydrogens is 262 g/mol. The van der Waals surface area contributed by atoms with Crippen molar-refractivity contribution in [2.24, 2.45) is 0 Å². The molecule has 0 aliphatic carbocycles. The fourth-order valence-corrected chi connectivity index (χ4v) is 2.31. The number of nitrogen functional groups attached to an aromatic ring is 1. The molecule has 2 aromatic carbocycles. The second-order valence-corrected chi connectivity index (χ2v) is 4.94. The minimum Gasteiger partial charge on any atom is -0.495 e. The molecule has 0 unspecified atom stereocenters. The fourth-order valence-electron chi connectivity index (χ4n) is 2.31. The van der Waals surface area contributed by atoms with Gasteiger partial charge >= 0.3 is 0 Å². The Bertz CT molecular complexity index is 760. The number of methoxy groups -OCH3 is 1. The highest BCUT2D eigenvalue weighted by atomic mass is 16.5. The summed E-state index contributed by atoms with van der Waals surface area (Å²) in [5.74, 6) is 0.677. The van der Waals surface area contributed by atoms with Crippen LogP contribution in [0.2, 0.25) is 0 Å². The summed E-state index contributed by atoms with van der Waals surface area (Å²) in [6, 6.07) is 14.1. The molecule has 0 saturated heterocycles. The van der Waals surface area contributed by atoms with Crippen LogP contribution in [-0.2, 0) is 0 Å². The normalized spacial score (nSPS) is 10.6. The topological polar surface area (TPSA) is 53.1 Å². The zero-order chi connectivity index (χ0) is 14.8. The SMILES string of the molecule is COc1ccc(-n2cncc2-c2ccc(C)cc2)cc1N. The standard InChI is InChI=1S/C17H17N3O/c1-12-3-5-13(6-4-12)16-10-19-11-20(16)14-7-8-17(21-2)15(18)9-14/h3-11H,18H2,1-2H3. The molecule has 4 heteroatoms. The number of hydrogen-bond acceptors (Lipinski definition) is 3. The number of aryl methyl sites for hydroxylation is 1. The second-order valence-electron chi connectivity index (χ2n) is 4.94. The Morgan fingerprint density at radius 1 is 1.10 bits per heavy atom. The number of aromatic nitrogens is 2. The predicted molar refractivity (Wildman–Crippen MR) is 84.7 cm³/mol. The summed E-state index contributed by atoms with van der Waals surface area (Å²) in [4.78, 5) is 4.26. The Balaban J connectivity index is 2.06. The van der Waals surface area contributed by atoms with Crippen LogP contribution in [0.15, 0.2) is 55.0 Å². The first-order chi connectivity index (χ1) is 10.2. The van der Waals surface area contributed by atoms with Crippen LogP contribution in [0, 0.1) is 6.92 Å². The van der Waals surface area contributed by atoms with Crippen molar-refractivity contribution >= 4 is 5.69 Å². The molecule has 1 heterocycles. The summed E-state index contributed by atoms with van der Waals surface area (Å²) in [5.41, 5.74) is 10.9. The predicted octanol–water partition coefficient (Wildman–Crippen LogP) is 3.44. The molecule has 0 bridgehead atoms. The molecule has 0 saturated carbocycles. The summed E-state index contributed by atoms with van der Waals surface area (Å²) in [7, 11) is 1.61. The molecule has 1 aromatic heterocycles. The van der Waals surface area contributed by atoms with Crippen LogP contribution in [0.4, 0.5) is 5.69 Å². The van der Waals surface area contributed by atoms with Gasteiger partial charge in [0, 0.05) is 11.3 Å². The number of ether oxygens (including phenoxy) is 1. The highest BCUT2D eigenvalue weighted by Gasteiger charge is 2.08. The van der Waals surface area contributed by atoms with Gasteiger partial charge in [-0.15, -0.1) is 0 Å². The average Bonchev–Trinajstić information content (AvgIpc) is 2.97. The van der Waals surface area contributed by atoms with Crippen LogP contribution in [-0.4, -0.2) is 16.7 Å². The maximum atomic E-state index is 5.99. The average molecular weight is 279 g/mol. The third-order valence-corrected chi connectivity index (χ3v) is 3.48. The van der Waals surface area contributed by atoms with Gasteiger partial charge in [-0.2, -0.15) is 0 Å². The number of hydrogen-bond donors (Lipinski definition) is 1. The van der Waals surface area contributed by atoms with E-state index in [0.29, 0.717) is 11.4 Å². The molecule has 106 valence electrons. The number of nitrogens with two attached hydrogens (primary N) is 1. The Morgan fingerprint density at radius 2 is 1.86 bits per heavy atom. The highest BCUT2D eigenvalue weighted by molar-refractivity contribution is 5.65. The van der Waals surface area contributed by atoms with Gasteiger partial charge in [-0.25, -0.2) is 4.98 Å². The van der Waals surface area contributed by atoms with E-state index in [-0.39, 0.29) is 0 Å². The first-order valence-corrected chi connectivity index (χ1v) is 6.72. The lowest BCUT2D eigenvalue weighted by Gasteiger charge is -2.11. The molecule has 3 aromatic rings. The zero-order valence-corrected chi connectivity index (χ0v) is 12.1. The summed E-state index contributed by atoms with van der Waals surface area (Å²) >= 11 is 0. The Morgan fingerprint density at radius 3 is 2.52 bits per heavy atom. The molecule has 4 nitrogen and oxygen atoms in total. The van der Waals surface area contributed by atoms with E-state index in [2.05, 4.69) is 36.2 Å². The zero-order valence-electron chi connectivity index (χ0n) is 12.1. The maximum Gasteiger partial charge on any atom is 0.141 e. The molecule has 0 fully saturated rings. The number of benzene rings is 2. The molecule has 0 radical (unpaired) electrons. The van der Waals surface area contributed by atoms with Gasteiger partial charge in [-0.05, 0) is 25.1 Å². The maximum absolute atomic E-state index is 5.99. The van der Waals surface area contributed by atoms with Gasteiger partial charge in [0.25, 0.3) is 0 Å². The highest BCUT2D eigenvalue weighted by Crippen LogP contribution is 2.27. The van der Waals surface area contributed by atoms with Gasteiger partial charge in [0.15, 0.2) is 0 Å². The van der Waals surface area contributed by atoms with E-state index in [9.17, 15) is 0 Å². The number of imidazole rings is 1. The van der Waals surface area contributed by atoms with Crippen LogP contribution < -0.4 is 10.5 Å². The fraction of sp³-hybridized carbons (Fsp3) is 0.118. The van der Waals surface area contributed by atoms with Crippen LogP contribution in [0.5, 0.6) is 5.75 Å². The third-order valence-electron chi connectivity index (χ3n) is 3.48. The van der Waals surface area contributed by atoms with Crippen LogP contribution >= 0.6 is 0 Å². The molecule has 2 N–H and O–H groups in total. The van der Waals surface area contributed by atoms with Crippen molar-refractivity contribution in [3.05, 3.63) is 60.6 Å². The van der Waals surface area contributed by atoms with Gasteiger partial charge in [0.1, 0.15) is 5.75 Å². The van der Waals surface area contributed by atoms with Crippen molar-refractivity contribution in [2.75, 3.05) is 12.8 Å². The smallest absolute Gasteiger partial charge is 0.141 e. The minimum atomic E-state index is 0.610. The van der Waals surface area contributed by atoms with Crippen LogP contribution in [0.1, 0.15) is 5.56 Å². The second kappa shape index (κ2) is 5.32. The molecule has 0 atom stereocenters. The molecular formula is C17H17N3O. The van der Waals surface area contributed by atoms with Crippen LogP contribution in [0.25, 0.3) is 16.9 Å². The monoisotopic (exact) mass is 279 g/mol. The van der Waals surface area contributed by atoms with Crippen molar-refractivity contribution in [3.8, 4) is 22.7 Å². The van der Waals surface area contributed by atoms with Gasteiger partial charge in [0.2, 0.25) is 0 Å². The van der Waals surface area contributed by atoms with E-state index in [1.165, 1.54) is 5.56 Å². The molecule has 0 spiro atoms. The van der Waals surface area contributed by atoms with E-state index < -0.39 is 0 Å². The van der Waals surface area contributed by atoms with E-state index in [1.54, 1.807) is 13.4 Å². The van der Waals surface area contributed by atoms with Gasteiger partial charge in [-0.3, -0.25) is 4.57 Å². The van der Waals surface area contributed by atoms with Gasteiger partial charge in [0.05, 0.1) is 31.0 Å². The van der Waals surface area contributed by atoms with Crippen LogP contribution in [0.3, 0.4) is 0 Å². The lowest BCUT2D eigenvalue weighted by Crippen LogP contribution is -1.98. The third kappa shape index (κ3) is 2.48. The molecule has 3 rings (SSSR count). The first-order valence-electron chi connectivity index (χ1n) is 6.72. The van der Waals surface area contributed by atoms with E-state index in [0.717, 1.165) is 16.9 Å². The molecule has 0 aliphatic heterocycles. The Hall–Kier alpha value is -2.75. The van der Waals surface area contributed by atoms with Crippen molar-refractivity contribution in [2.45, 2.75) is 6.92 Å². The quantitative estimate of drug-likeness (QED) is 0.747. The van der Waals surface area contributed by atoms with E-state index in [1.807, 2.05) is 29.0 Å². The molecule has 0 aliphatic rings. The Kier molecular flexibility index (Phi) is 3.36. The summed E-state index contributed by atoms with van der Waals surface area (Å²) in [5, 5.41) is 0. The number of nitrogens with zero attached hydrogens (tertiary/aromatic N) is 2. The Labute approximate surface area is 123 Å². The van der Waals surface area contributed by atoms with E-state index >= 15 is 0 Å².